The van der Waals surface area contributed by atoms with E-state index in [1.54, 1.807) is 36.4 Å². The molecule has 21 heavy (non-hydrogen) atoms. The molecule has 0 aliphatic heterocycles. The third-order valence-corrected chi connectivity index (χ3v) is 3.35. The summed E-state index contributed by atoms with van der Waals surface area (Å²) in [6.07, 6.45) is 1.44. The molecule has 0 fully saturated rings. The Labute approximate surface area is 135 Å². The molecule has 0 heterocycles. The molecule has 0 aromatic heterocycles. The van der Waals surface area contributed by atoms with Crippen molar-refractivity contribution in [3.05, 3.63) is 75.0 Å². The van der Waals surface area contributed by atoms with Gasteiger partial charge in [-0.05, 0) is 58.5 Å². The van der Waals surface area contributed by atoms with Gasteiger partial charge < -0.3 is 10.4 Å². The molecule has 0 radical (unpaired) electrons. The third kappa shape index (κ3) is 4.42. The average molecular weight is 393 g/mol. The number of aliphatic carboxylic acids is 1. The van der Waals surface area contributed by atoms with Gasteiger partial charge in [-0.25, -0.2) is 4.79 Å². The Balaban J connectivity index is 2.24. The van der Waals surface area contributed by atoms with E-state index < -0.39 is 11.9 Å². The quantitative estimate of drug-likeness (QED) is 0.620. The van der Waals surface area contributed by atoms with Crippen molar-refractivity contribution in [2.45, 2.75) is 0 Å². The van der Waals surface area contributed by atoms with E-state index in [1.165, 1.54) is 6.08 Å². The first kappa shape index (κ1) is 15.2. The highest BCUT2D eigenvalue weighted by Gasteiger charge is 2.13. The van der Waals surface area contributed by atoms with Crippen LogP contribution in [0.1, 0.15) is 15.9 Å². The van der Waals surface area contributed by atoms with Crippen molar-refractivity contribution >= 4 is 40.5 Å². The lowest BCUT2D eigenvalue weighted by molar-refractivity contribution is -0.132. The maximum atomic E-state index is 12.0. The molecule has 106 valence electrons. The lowest BCUT2D eigenvalue weighted by Crippen LogP contribution is -2.27. The van der Waals surface area contributed by atoms with Gasteiger partial charge in [0.05, 0.1) is 0 Å². The maximum Gasteiger partial charge on any atom is 0.352 e. The fourth-order valence-corrected chi connectivity index (χ4v) is 2.27. The van der Waals surface area contributed by atoms with Gasteiger partial charge in [-0.15, -0.1) is 0 Å². The van der Waals surface area contributed by atoms with Crippen molar-refractivity contribution in [2.75, 3.05) is 0 Å². The first-order valence-electron chi connectivity index (χ1n) is 6.13. The van der Waals surface area contributed by atoms with E-state index in [-0.39, 0.29) is 5.70 Å². The molecular formula is C16H12INO3. The van der Waals surface area contributed by atoms with Crippen molar-refractivity contribution in [3.63, 3.8) is 0 Å². The van der Waals surface area contributed by atoms with Gasteiger partial charge in [0, 0.05) is 9.13 Å². The Morgan fingerprint density at radius 2 is 1.76 bits per heavy atom. The van der Waals surface area contributed by atoms with Crippen LogP contribution in [0.3, 0.4) is 0 Å². The van der Waals surface area contributed by atoms with Crippen LogP contribution < -0.4 is 5.32 Å². The second kappa shape index (κ2) is 7.03. The van der Waals surface area contributed by atoms with Crippen LogP contribution in [0.2, 0.25) is 0 Å². The molecule has 0 aliphatic carbocycles. The molecule has 4 nitrogen and oxygen atoms in total. The van der Waals surface area contributed by atoms with Gasteiger partial charge in [0.2, 0.25) is 0 Å². The fraction of sp³-hybridized carbons (Fsp3) is 0. The summed E-state index contributed by atoms with van der Waals surface area (Å²) in [5.41, 5.74) is 0.964. The van der Waals surface area contributed by atoms with Crippen molar-refractivity contribution in [3.8, 4) is 0 Å². The van der Waals surface area contributed by atoms with Crippen LogP contribution in [0, 0.1) is 3.57 Å². The number of benzene rings is 2. The SMILES string of the molecule is O=C(O)C(=Cc1cccc(I)c1)NC(=O)c1ccccc1. The predicted octanol–water partition coefficient (Wildman–Crippen LogP) is 3.15. The number of carboxylic acids is 1. The summed E-state index contributed by atoms with van der Waals surface area (Å²) in [7, 11) is 0. The van der Waals surface area contributed by atoms with Crippen LogP contribution in [0.15, 0.2) is 60.3 Å². The minimum Gasteiger partial charge on any atom is -0.477 e. The van der Waals surface area contributed by atoms with Crippen molar-refractivity contribution in [2.24, 2.45) is 0 Å². The van der Waals surface area contributed by atoms with Crippen molar-refractivity contribution in [1.82, 2.24) is 5.32 Å². The van der Waals surface area contributed by atoms with Crippen LogP contribution in [-0.2, 0) is 4.79 Å². The van der Waals surface area contributed by atoms with Crippen molar-refractivity contribution in [1.29, 1.82) is 0 Å². The van der Waals surface area contributed by atoms with Gasteiger partial charge in [-0.1, -0.05) is 30.3 Å². The van der Waals surface area contributed by atoms with Gasteiger partial charge >= 0.3 is 5.97 Å². The highest BCUT2D eigenvalue weighted by Crippen LogP contribution is 2.11. The molecule has 0 saturated carbocycles. The summed E-state index contributed by atoms with van der Waals surface area (Å²) >= 11 is 2.14. The number of rotatable bonds is 4. The molecule has 5 heteroatoms. The summed E-state index contributed by atoms with van der Waals surface area (Å²) in [6, 6.07) is 15.8. The zero-order valence-corrected chi connectivity index (χ0v) is 13.1. The number of amides is 1. The van der Waals surface area contributed by atoms with Crippen LogP contribution >= 0.6 is 22.6 Å². The van der Waals surface area contributed by atoms with E-state index in [9.17, 15) is 14.7 Å². The monoisotopic (exact) mass is 393 g/mol. The zero-order valence-electron chi connectivity index (χ0n) is 10.9. The molecular weight excluding hydrogens is 381 g/mol. The minimum absolute atomic E-state index is 0.161. The van der Waals surface area contributed by atoms with Gasteiger partial charge in [0.15, 0.2) is 0 Å². The molecule has 2 rings (SSSR count). The highest BCUT2D eigenvalue weighted by atomic mass is 127. The summed E-state index contributed by atoms with van der Waals surface area (Å²) in [5, 5.41) is 11.6. The van der Waals surface area contributed by atoms with Crippen LogP contribution in [0.4, 0.5) is 0 Å². The van der Waals surface area contributed by atoms with E-state index >= 15 is 0 Å². The Kier molecular flexibility index (Phi) is 5.10. The topological polar surface area (TPSA) is 66.4 Å². The molecule has 0 saturated heterocycles. The number of hydrogen-bond acceptors (Lipinski definition) is 2. The average Bonchev–Trinajstić information content (AvgIpc) is 2.47. The summed E-state index contributed by atoms with van der Waals surface area (Å²) in [6.45, 7) is 0. The minimum atomic E-state index is -1.18. The number of carbonyl (C=O) groups excluding carboxylic acids is 1. The zero-order chi connectivity index (χ0) is 15.2. The number of halogens is 1. The molecule has 0 bridgehead atoms. The van der Waals surface area contributed by atoms with E-state index in [4.69, 9.17) is 0 Å². The van der Waals surface area contributed by atoms with Crippen molar-refractivity contribution < 1.29 is 14.7 Å². The second-order valence-electron chi connectivity index (χ2n) is 4.24. The van der Waals surface area contributed by atoms with Gasteiger partial charge in [0.1, 0.15) is 5.70 Å². The van der Waals surface area contributed by atoms with E-state index in [0.29, 0.717) is 11.1 Å². The maximum absolute atomic E-state index is 12.0. The number of carbonyl (C=O) groups is 2. The molecule has 2 aromatic rings. The molecule has 0 spiro atoms. The first-order valence-corrected chi connectivity index (χ1v) is 7.21. The highest BCUT2D eigenvalue weighted by molar-refractivity contribution is 14.1. The Morgan fingerprint density at radius 3 is 2.38 bits per heavy atom. The molecule has 2 aromatic carbocycles. The number of hydrogen-bond donors (Lipinski definition) is 2. The predicted molar refractivity (Wildman–Crippen MR) is 88.7 cm³/mol. The largest absolute Gasteiger partial charge is 0.477 e. The van der Waals surface area contributed by atoms with Crippen LogP contribution in [0.5, 0.6) is 0 Å². The van der Waals surface area contributed by atoms with E-state index in [0.717, 1.165) is 3.57 Å². The van der Waals surface area contributed by atoms with Crippen LogP contribution in [-0.4, -0.2) is 17.0 Å². The third-order valence-electron chi connectivity index (χ3n) is 2.67. The standard InChI is InChI=1S/C16H12INO3/c17-13-8-4-5-11(9-13)10-14(16(20)21)18-15(19)12-6-2-1-3-7-12/h1-10H,(H,18,19)(H,20,21). The Bertz CT molecular complexity index is 696. The lowest BCUT2D eigenvalue weighted by atomic mass is 10.1. The lowest BCUT2D eigenvalue weighted by Gasteiger charge is -2.06. The summed E-state index contributed by atoms with van der Waals surface area (Å²) in [4.78, 5) is 23.3. The Morgan fingerprint density at radius 1 is 1.05 bits per heavy atom. The normalized spacial score (nSPS) is 11.0. The fourth-order valence-electron chi connectivity index (χ4n) is 1.70. The summed E-state index contributed by atoms with van der Waals surface area (Å²) < 4.78 is 0.987. The Hall–Kier alpha value is -2.15. The van der Waals surface area contributed by atoms with Crippen LogP contribution in [0.25, 0.3) is 6.08 Å². The molecule has 0 unspecified atom stereocenters. The van der Waals surface area contributed by atoms with Gasteiger partial charge in [-0.2, -0.15) is 0 Å². The smallest absolute Gasteiger partial charge is 0.352 e. The molecule has 1 amide bonds. The van der Waals surface area contributed by atoms with E-state index in [2.05, 4.69) is 27.9 Å². The number of carboxylic acid groups (broad SMARTS) is 1. The van der Waals surface area contributed by atoms with E-state index in [1.807, 2.05) is 18.2 Å². The second-order valence-corrected chi connectivity index (χ2v) is 5.48. The van der Waals surface area contributed by atoms with Gasteiger partial charge in [0.25, 0.3) is 5.91 Å². The summed E-state index contributed by atoms with van der Waals surface area (Å²) in [5.74, 6) is -1.63. The molecule has 0 aliphatic rings. The molecule has 2 N–H and O–H groups in total. The van der Waals surface area contributed by atoms with Gasteiger partial charge in [-0.3, -0.25) is 4.79 Å². The first-order chi connectivity index (χ1) is 10.1. The number of nitrogens with one attached hydrogen (secondary N) is 1. The molecule has 0 atom stereocenters.